The first kappa shape index (κ1) is 24.1. The van der Waals surface area contributed by atoms with E-state index in [9.17, 15) is 13.2 Å². The third-order valence-electron chi connectivity index (χ3n) is 5.86. The molecule has 7 nitrogen and oxygen atoms in total. The van der Waals surface area contributed by atoms with Gasteiger partial charge in [-0.25, -0.2) is 0 Å². The number of alkyl halides is 3. The van der Waals surface area contributed by atoms with E-state index in [-0.39, 0.29) is 41.8 Å². The normalized spacial score (nSPS) is 20.7. The molecule has 1 aromatic heterocycles. The number of rotatable bonds is 3. The number of nitrogen functional groups attached to an aromatic ring is 1. The van der Waals surface area contributed by atoms with Crippen LogP contribution in [0.15, 0.2) is 12.1 Å². The van der Waals surface area contributed by atoms with Crippen LogP contribution in [0.2, 0.25) is 0 Å². The summed E-state index contributed by atoms with van der Waals surface area (Å²) in [7, 11) is 1.46. The van der Waals surface area contributed by atoms with Gasteiger partial charge < -0.3 is 24.8 Å². The summed E-state index contributed by atoms with van der Waals surface area (Å²) in [5.41, 5.74) is 6.43. The van der Waals surface area contributed by atoms with E-state index < -0.39 is 17.8 Å². The van der Waals surface area contributed by atoms with Crippen LogP contribution in [0.3, 0.4) is 0 Å². The Balaban J connectivity index is 1.77. The largest absolute Gasteiger partial charge is 0.467 e. The summed E-state index contributed by atoms with van der Waals surface area (Å²) in [5, 5.41) is 0. The van der Waals surface area contributed by atoms with Gasteiger partial charge in [0, 0.05) is 36.3 Å². The van der Waals surface area contributed by atoms with Gasteiger partial charge in [0.2, 0.25) is 0 Å². The highest BCUT2D eigenvalue weighted by molar-refractivity contribution is 5.58. The molecule has 2 N–H and O–H groups in total. The predicted octanol–water partition coefficient (Wildman–Crippen LogP) is 3.74. The lowest BCUT2D eigenvalue weighted by Crippen LogP contribution is -2.32. The molecule has 2 unspecified atom stereocenters. The molecule has 2 aromatic rings. The Labute approximate surface area is 196 Å². The highest BCUT2D eigenvalue weighted by Gasteiger charge is 2.40. The number of methoxy groups -OCH3 is 1. The van der Waals surface area contributed by atoms with E-state index in [0.717, 1.165) is 12.1 Å². The van der Waals surface area contributed by atoms with Crippen molar-refractivity contribution in [2.75, 3.05) is 44.0 Å². The number of hydrogen-bond acceptors (Lipinski definition) is 7. The Morgan fingerprint density at radius 3 is 2.76 bits per heavy atom. The molecule has 0 radical (unpaired) electrons. The highest BCUT2D eigenvalue weighted by atomic mass is 19.4. The van der Waals surface area contributed by atoms with E-state index in [0.29, 0.717) is 31.3 Å². The molecule has 0 aliphatic carbocycles. The molecule has 2 aliphatic heterocycles. The van der Waals surface area contributed by atoms with Crippen molar-refractivity contribution >= 4 is 11.5 Å². The first-order valence-corrected chi connectivity index (χ1v) is 11.0. The third kappa shape index (κ3) is 4.91. The summed E-state index contributed by atoms with van der Waals surface area (Å²) in [5.74, 6) is 6.02. The van der Waals surface area contributed by atoms with Gasteiger partial charge in [-0.1, -0.05) is 12.8 Å². The van der Waals surface area contributed by atoms with Gasteiger partial charge in [-0.15, -0.1) is 5.92 Å². The number of nitrogens with zero attached hydrogens (tertiary/aromatic N) is 3. The molecule has 4 rings (SSSR count). The van der Waals surface area contributed by atoms with Crippen LogP contribution in [0.1, 0.15) is 47.9 Å². The van der Waals surface area contributed by atoms with Crippen LogP contribution in [0, 0.1) is 17.8 Å². The van der Waals surface area contributed by atoms with Crippen molar-refractivity contribution in [3.05, 3.63) is 40.1 Å². The van der Waals surface area contributed by atoms with Crippen LogP contribution < -0.4 is 15.4 Å². The second-order valence-corrected chi connectivity index (χ2v) is 8.49. The molecule has 34 heavy (non-hydrogen) atoms. The van der Waals surface area contributed by atoms with E-state index in [1.165, 1.54) is 26.2 Å². The lowest BCUT2D eigenvalue weighted by Gasteiger charge is -2.32. The number of benzene rings is 1. The zero-order valence-electron chi connectivity index (χ0n) is 19.3. The number of nitrogens with two attached hydrogens (primary N) is 1. The third-order valence-corrected chi connectivity index (χ3v) is 5.86. The molecule has 10 heteroatoms. The number of hydrogen-bond donors (Lipinski definition) is 1. The lowest BCUT2D eigenvalue weighted by molar-refractivity contribution is -0.140. The second kappa shape index (κ2) is 9.68. The van der Waals surface area contributed by atoms with Crippen molar-refractivity contribution in [3.63, 3.8) is 0 Å². The number of ether oxygens (including phenoxy) is 3. The summed E-state index contributed by atoms with van der Waals surface area (Å²) in [6, 6.07) is 2.71. The van der Waals surface area contributed by atoms with Gasteiger partial charge >= 0.3 is 12.2 Å². The standard InChI is InChI=1S/C24H27F3N4O3/c1-4-5-15-8-16(28)9-17(21(15)24(25,26)27)20-10-19-18(13-34-20)22(30-23(29-19)32-3)31-6-7-33-12-14(2)11-31/h8-9,14,20H,6-7,10-13,28H2,1-3H3. The Morgan fingerprint density at radius 2 is 2.06 bits per heavy atom. The Morgan fingerprint density at radius 1 is 1.26 bits per heavy atom. The SMILES string of the molecule is CC#Cc1cc(N)cc(C2Cc3nc(OC)nc(N4CCOCC(C)C4)c3CO2)c1C(F)(F)F. The molecule has 0 bridgehead atoms. The molecule has 1 aromatic carbocycles. The topological polar surface area (TPSA) is 82.7 Å². The number of fused-ring (bicyclic) bond motifs is 1. The zero-order chi connectivity index (χ0) is 24.5. The summed E-state index contributed by atoms with van der Waals surface area (Å²) in [4.78, 5) is 11.1. The van der Waals surface area contributed by atoms with Crippen LogP contribution in [-0.4, -0.2) is 43.4 Å². The first-order chi connectivity index (χ1) is 16.2. The van der Waals surface area contributed by atoms with E-state index in [4.69, 9.17) is 19.9 Å². The minimum Gasteiger partial charge on any atom is -0.467 e. The van der Waals surface area contributed by atoms with Gasteiger partial charge in [-0.3, -0.25) is 0 Å². The Hall–Kier alpha value is -3.03. The summed E-state index contributed by atoms with van der Waals surface area (Å²) >= 11 is 0. The molecule has 0 spiro atoms. The van der Waals surface area contributed by atoms with E-state index in [2.05, 4.69) is 33.6 Å². The first-order valence-electron chi connectivity index (χ1n) is 11.0. The van der Waals surface area contributed by atoms with Gasteiger partial charge in [0.05, 0.1) is 44.3 Å². The molecule has 182 valence electrons. The fourth-order valence-electron chi connectivity index (χ4n) is 4.45. The summed E-state index contributed by atoms with van der Waals surface area (Å²) < 4.78 is 59.2. The van der Waals surface area contributed by atoms with Gasteiger partial charge in [0.15, 0.2) is 0 Å². The van der Waals surface area contributed by atoms with Crippen LogP contribution in [0.5, 0.6) is 6.01 Å². The van der Waals surface area contributed by atoms with Crippen LogP contribution in [-0.2, 0) is 28.7 Å². The molecule has 2 aliphatic rings. The monoisotopic (exact) mass is 476 g/mol. The van der Waals surface area contributed by atoms with Crippen LogP contribution >= 0.6 is 0 Å². The maximum atomic E-state index is 14.1. The minimum atomic E-state index is -4.62. The Bertz CT molecular complexity index is 1130. The second-order valence-electron chi connectivity index (χ2n) is 8.49. The molecule has 3 heterocycles. The fourth-order valence-corrected chi connectivity index (χ4v) is 4.45. The maximum Gasteiger partial charge on any atom is 0.417 e. The number of anilines is 2. The quantitative estimate of drug-likeness (QED) is 0.534. The average Bonchev–Trinajstić information content (AvgIpc) is 3.01. The summed E-state index contributed by atoms with van der Waals surface area (Å²) in [6.45, 7) is 6.19. The van der Waals surface area contributed by atoms with Crippen LogP contribution in [0.25, 0.3) is 0 Å². The molecular formula is C24H27F3N4O3. The minimum absolute atomic E-state index is 0.0492. The molecule has 2 atom stereocenters. The van der Waals surface area contributed by atoms with Crippen LogP contribution in [0.4, 0.5) is 24.7 Å². The van der Waals surface area contributed by atoms with Gasteiger partial charge in [0.25, 0.3) is 0 Å². The van der Waals surface area contributed by atoms with Crippen molar-refractivity contribution in [1.82, 2.24) is 9.97 Å². The van der Waals surface area contributed by atoms with Crippen molar-refractivity contribution in [2.45, 2.75) is 39.2 Å². The number of aromatic nitrogens is 2. The van der Waals surface area contributed by atoms with Gasteiger partial charge in [-0.2, -0.15) is 23.1 Å². The summed E-state index contributed by atoms with van der Waals surface area (Å²) in [6.07, 6.45) is -5.40. The van der Waals surface area contributed by atoms with E-state index in [1.54, 1.807) is 0 Å². The predicted molar refractivity (Wildman–Crippen MR) is 120 cm³/mol. The molecular weight excluding hydrogens is 449 g/mol. The van der Waals surface area contributed by atoms with Gasteiger partial charge in [-0.05, 0) is 30.5 Å². The molecule has 0 saturated carbocycles. The Kier molecular flexibility index (Phi) is 6.86. The lowest BCUT2D eigenvalue weighted by atomic mass is 9.91. The average molecular weight is 476 g/mol. The molecule has 1 fully saturated rings. The van der Waals surface area contributed by atoms with E-state index in [1.807, 2.05) is 0 Å². The molecule has 0 amide bonds. The molecule has 1 saturated heterocycles. The fraction of sp³-hybridized carbons (Fsp3) is 0.500. The van der Waals surface area contributed by atoms with E-state index >= 15 is 0 Å². The van der Waals surface area contributed by atoms with Crippen molar-refractivity contribution in [2.24, 2.45) is 5.92 Å². The number of halogens is 3. The highest BCUT2D eigenvalue weighted by Crippen LogP contribution is 2.43. The van der Waals surface area contributed by atoms with Crippen molar-refractivity contribution < 1.29 is 27.4 Å². The zero-order valence-corrected chi connectivity index (χ0v) is 19.3. The van der Waals surface area contributed by atoms with Gasteiger partial charge in [0.1, 0.15) is 5.82 Å². The van der Waals surface area contributed by atoms with Crippen molar-refractivity contribution in [3.8, 4) is 17.9 Å². The maximum absolute atomic E-state index is 14.1. The van der Waals surface area contributed by atoms with Crippen molar-refractivity contribution in [1.29, 1.82) is 0 Å². The smallest absolute Gasteiger partial charge is 0.417 e.